The molecule has 0 saturated carbocycles. The zero-order valence-electron chi connectivity index (χ0n) is 10.6. The van der Waals surface area contributed by atoms with Gasteiger partial charge in [-0.05, 0) is 18.6 Å². The van der Waals surface area contributed by atoms with Gasteiger partial charge in [-0.3, -0.25) is 4.79 Å². The fourth-order valence-electron chi connectivity index (χ4n) is 1.66. The minimum absolute atomic E-state index is 0.00619. The van der Waals surface area contributed by atoms with Crippen LogP contribution in [0.3, 0.4) is 0 Å². The highest BCUT2D eigenvalue weighted by Gasteiger charge is 2.09. The van der Waals surface area contributed by atoms with E-state index in [1.165, 1.54) is 0 Å². The van der Waals surface area contributed by atoms with Gasteiger partial charge < -0.3 is 5.32 Å². The van der Waals surface area contributed by atoms with Crippen LogP contribution in [0.2, 0.25) is 0 Å². The van der Waals surface area contributed by atoms with Gasteiger partial charge in [0.1, 0.15) is 5.82 Å². The molecule has 0 aliphatic carbocycles. The number of pyridine rings is 1. The third kappa shape index (κ3) is 3.69. The van der Waals surface area contributed by atoms with Crippen molar-refractivity contribution in [3.63, 3.8) is 0 Å². The van der Waals surface area contributed by atoms with E-state index in [9.17, 15) is 4.79 Å². The normalized spacial score (nSPS) is 9.95. The van der Waals surface area contributed by atoms with E-state index in [-0.39, 0.29) is 12.2 Å². The van der Waals surface area contributed by atoms with Crippen LogP contribution >= 0.6 is 12.2 Å². The van der Waals surface area contributed by atoms with Crippen LogP contribution in [0.4, 0.5) is 5.82 Å². The molecule has 0 amide bonds. The van der Waals surface area contributed by atoms with E-state index in [0.717, 1.165) is 5.56 Å². The fourth-order valence-corrected chi connectivity index (χ4v) is 1.89. The molecule has 19 heavy (non-hydrogen) atoms. The molecule has 0 unspecified atom stereocenters. The molecule has 0 aliphatic rings. The number of aryl methyl sites for hydroxylation is 1. The van der Waals surface area contributed by atoms with Crippen LogP contribution in [0.25, 0.3) is 0 Å². The molecule has 2 aromatic rings. The number of aromatic nitrogens is 1. The molecular formula is C15H14N2OS. The van der Waals surface area contributed by atoms with Gasteiger partial charge in [0, 0.05) is 11.8 Å². The van der Waals surface area contributed by atoms with Gasteiger partial charge in [-0.2, -0.15) is 0 Å². The molecule has 4 heteroatoms. The monoisotopic (exact) mass is 270 g/mol. The molecule has 0 radical (unpaired) electrons. The number of thiocarbonyl (C=S) groups is 1. The van der Waals surface area contributed by atoms with Gasteiger partial charge in [0.25, 0.3) is 0 Å². The molecule has 96 valence electrons. The Morgan fingerprint density at radius 1 is 1.21 bits per heavy atom. The van der Waals surface area contributed by atoms with E-state index >= 15 is 0 Å². The summed E-state index contributed by atoms with van der Waals surface area (Å²) in [7, 11) is 0. The van der Waals surface area contributed by atoms with Crippen molar-refractivity contribution >= 4 is 28.8 Å². The van der Waals surface area contributed by atoms with Crippen molar-refractivity contribution in [3.8, 4) is 0 Å². The Balaban J connectivity index is 1.99. The lowest BCUT2D eigenvalue weighted by atomic mass is 10.1. The highest BCUT2D eigenvalue weighted by molar-refractivity contribution is 7.80. The maximum atomic E-state index is 12.0. The number of anilines is 1. The van der Waals surface area contributed by atoms with Crippen LogP contribution in [0.1, 0.15) is 22.3 Å². The number of carbonyl (C=O) groups excluding carboxylic acids is 1. The van der Waals surface area contributed by atoms with E-state index in [2.05, 4.69) is 10.3 Å². The van der Waals surface area contributed by atoms with Crippen molar-refractivity contribution in [2.45, 2.75) is 13.3 Å². The molecule has 0 atom stereocenters. The van der Waals surface area contributed by atoms with Crippen molar-refractivity contribution in [3.05, 3.63) is 59.8 Å². The molecule has 2 rings (SSSR count). The molecule has 0 fully saturated rings. The number of hydrogen-bond donors (Lipinski definition) is 1. The van der Waals surface area contributed by atoms with Gasteiger partial charge in [-0.15, -0.1) is 0 Å². The first kappa shape index (κ1) is 13.4. The summed E-state index contributed by atoms with van der Waals surface area (Å²) in [5.74, 6) is 0.708. The molecule has 0 saturated heterocycles. The summed E-state index contributed by atoms with van der Waals surface area (Å²) in [4.78, 5) is 16.7. The first-order chi connectivity index (χ1) is 9.16. The fraction of sp³-hybridized carbons (Fsp3) is 0.133. The zero-order chi connectivity index (χ0) is 13.7. The zero-order valence-corrected chi connectivity index (χ0v) is 11.4. The predicted molar refractivity (Wildman–Crippen MR) is 80.6 cm³/mol. The van der Waals surface area contributed by atoms with Crippen molar-refractivity contribution in [1.82, 2.24) is 4.98 Å². The van der Waals surface area contributed by atoms with Crippen LogP contribution in [0.15, 0.2) is 48.7 Å². The standard InChI is InChI=1S/C15H14N2OS/c1-11-6-5-9-16-15(11)17-14(19)10-13(18)12-7-3-2-4-8-12/h2-9H,10H2,1H3,(H,16,17,19). The molecule has 0 spiro atoms. The summed E-state index contributed by atoms with van der Waals surface area (Å²) in [5, 5.41) is 3.01. The van der Waals surface area contributed by atoms with Gasteiger partial charge >= 0.3 is 0 Å². The van der Waals surface area contributed by atoms with Crippen molar-refractivity contribution in [2.75, 3.05) is 5.32 Å². The Labute approximate surface area is 117 Å². The van der Waals surface area contributed by atoms with Crippen LogP contribution in [-0.4, -0.2) is 15.8 Å². The maximum Gasteiger partial charge on any atom is 0.169 e. The third-order valence-electron chi connectivity index (χ3n) is 2.68. The average molecular weight is 270 g/mol. The summed E-state index contributed by atoms with van der Waals surface area (Å²) >= 11 is 5.20. The molecular weight excluding hydrogens is 256 g/mol. The number of hydrogen-bond acceptors (Lipinski definition) is 3. The SMILES string of the molecule is Cc1cccnc1NC(=S)CC(=O)c1ccccc1. The highest BCUT2D eigenvalue weighted by Crippen LogP contribution is 2.11. The smallest absolute Gasteiger partial charge is 0.169 e. The first-order valence-corrected chi connectivity index (χ1v) is 6.37. The molecule has 1 N–H and O–H groups in total. The Bertz CT molecular complexity index is 596. The Morgan fingerprint density at radius 3 is 2.63 bits per heavy atom. The first-order valence-electron chi connectivity index (χ1n) is 5.96. The molecule has 0 aliphatic heterocycles. The van der Waals surface area contributed by atoms with Crippen molar-refractivity contribution in [1.29, 1.82) is 0 Å². The number of ketones is 1. The lowest BCUT2D eigenvalue weighted by molar-refractivity contribution is 0.100. The number of nitrogens with zero attached hydrogens (tertiary/aromatic N) is 1. The van der Waals surface area contributed by atoms with Crippen LogP contribution in [0.5, 0.6) is 0 Å². The summed E-state index contributed by atoms with van der Waals surface area (Å²) in [6.07, 6.45) is 1.88. The molecule has 1 heterocycles. The predicted octanol–water partition coefficient (Wildman–Crippen LogP) is 3.40. The summed E-state index contributed by atoms with van der Waals surface area (Å²) in [6, 6.07) is 12.9. The summed E-state index contributed by atoms with van der Waals surface area (Å²) < 4.78 is 0. The average Bonchev–Trinajstić information content (AvgIpc) is 2.42. The number of benzene rings is 1. The topological polar surface area (TPSA) is 42.0 Å². The minimum Gasteiger partial charge on any atom is -0.334 e. The Kier molecular flexibility index (Phi) is 4.36. The second-order valence-corrected chi connectivity index (χ2v) is 4.68. The summed E-state index contributed by atoms with van der Waals surface area (Å²) in [5.41, 5.74) is 1.67. The lowest BCUT2D eigenvalue weighted by Crippen LogP contribution is -2.16. The van der Waals surface area contributed by atoms with Gasteiger partial charge in [0.2, 0.25) is 0 Å². The largest absolute Gasteiger partial charge is 0.334 e. The molecule has 1 aromatic carbocycles. The number of carbonyl (C=O) groups is 1. The van der Waals surface area contributed by atoms with Gasteiger partial charge in [0.15, 0.2) is 5.78 Å². The number of rotatable bonds is 4. The minimum atomic E-state index is 0.00619. The van der Waals surface area contributed by atoms with E-state index < -0.39 is 0 Å². The third-order valence-corrected chi connectivity index (χ3v) is 2.93. The Morgan fingerprint density at radius 2 is 1.95 bits per heavy atom. The second-order valence-electron chi connectivity index (χ2n) is 4.18. The molecule has 0 bridgehead atoms. The van der Waals surface area contributed by atoms with Crippen LogP contribution in [-0.2, 0) is 0 Å². The van der Waals surface area contributed by atoms with Crippen molar-refractivity contribution in [2.24, 2.45) is 0 Å². The number of Topliss-reactive ketones (excluding diaryl/α,β-unsaturated/α-hetero) is 1. The maximum absolute atomic E-state index is 12.0. The van der Waals surface area contributed by atoms with Gasteiger partial charge in [-0.1, -0.05) is 48.6 Å². The van der Waals surface area contributed by atoms with Gasteiger partial charge in [0.05, 0.1) is 11.4 Å². The van der Waals surface area contributed by atoms with Crippen molar-refractivity contribution < 1.29 is 4.79 Å². The van der Waals surface area contributed by atoms with E-state index in [4.69, 9.17) is 12.2 Å². The quantitative estimate of drug-likeness (QED) is 0.683. The van der Waals surface area contributed by atoms with E-state index in [0.29, 0.717) is 16.4 Å². The van der Waals surface area contributed by atoms with Crippen LogP contribution < -0.4 is 5.32 Å². The summed E-state index contributed by atoms with van der Waals surface area (Å²) in [6.45, 7) is 1.94. The highest BCUT2D eigenvalue weighted by atomic mass is 32.1. The molecule has 3 nitrogen and oxygen atoms in total. The Hall–Kier alpha value is -2.07. The van der Waals surface area contributed by atoms with E-state index in [1.54, 1.807) is 18.3 Å². The lowest BCUT2D eigenvalue weighted by Gasteiger charge is -2.08. The van der Waals surface area contributed by atoms with E-state index in [1.807, 2.05) is 37.3 Å². The van der Waals surface area contributed by atoms with Gasteiger partial charge in [-0.25, -0.2) is 4.98 Å². The molecule has 1 aromatic heterocycles. The van der Waals surface area contributed by atoms with Crippen LogP contribution in [0, 0.1) is 6.92 Å². The second kappa shape index (κ2) is 6.20. The number of nitrogens with one attached hydrogen (secondary N) is 1.